The molecule has 1 aliphatic heterocycles. The van der Waals surface area contributed by atoms with Crippen molar-refractivity contribution in [3.8, 4) is 0 Å². The van der Waals surface area contributed by atoms with Gasteiger partial charge in [-0.25, -0.2) is 14.3 Å². The fourth-order valence-electron chi connectivity index (χ4n) is 4.13. The van der Waals surface area contributed by atoms with Gasteiger partial charge in [0.1, 0.15) is 12.4 Å². The average Bonchev–Trinajstić information content (AvgIpc) is 3.10. The first-order valence-electron chi connectivity index (χ1n) is 12.3. The van der Waals surface area contributed by atoms with Crippen molar-refractivity contribution in [2.24, 2.45) is 10.7 Å². The number of aliphatic imine (C=N–C) groups is 1. The standard InChI is InChI=1S/C25H45N3O2/c1-3-4-5-6-7-8-9-10-11-12-13-14-15-16-17-18-19-24-27-20-21-28(24,23(2)26)22-25(29)30/h5-6,20-21,23H,3-4,7-19,22,26H2,1-2H3/p+1/b6-5+. The predicted molar refractivity (Wildman–Crippen MR) is 127 cm³/mol. The van der Waals surface area contributed by atoms with Crippen molar-refractivity contribution in [1.82, 2.24) is 0 Å². The number of rotatable bonds is 19. The molecule has 0 saturated heterocycles. The zero-order valence-electron chi connectivity index (χ0n) is 19.5. The van der Waals surface area contributed by atoms with Gasteiger partial charge in [-0.15, -0.1) is 0 Å². The van der Waals surface area contributed by atoms with Crippen LogP contribution in [0.1, 0.15) is 110 Å². The van der Waals surface area contributed by atoms with Crippen LogP contribution in [0, 0.1) is 0 Å². The average molecular weight is 421 g/mol. The van der Waals surface area contributed by atoms with E-state index < -0.39 is 5.97 Å². The Morgan fingerprint density at radius 3 is 2.07 bits per heavy atom. The number of allylic oxidation sites excluding steroid dienone is 2. The summed E-state index contributed by atoms with van der Waals surface area (Å²) in [6.07, 6.45) is 26.8. The van der Waals surface area contributed by atoms with Gasteiger partial charge in [0.25, 0.3) is 0 Å². The number of carboxylic acid groups (broad SMARTS) is 1. The van der Waals surface area contributed by atoms with Gasteiger partial charge in [-0.2, -0.15) is 0 Å². The lowest BCUT2D eigenvalue weighted by Gasteiger charge is -2.34. The molecule has 2 atom stereocenters. The maximum atomic E-state index is 11.3. The number of unbranched alkanes of at least 4 members (excludes halogenated alkanes) is 12. The molecule has 0 aromatic heterocycles. The number of amidine groups is 1. The van der Waals surface area contributed by atoms with E-state index in [0.717, 1.165) is 18.7 Å². The van der Waals surface area contributed by atoms with Crippen molar-refractivity contribution < 1.29 is 14.4 Å². The molecule has 1 aliphatic rings. The third-order valence-electron chi connectivity index (χ3n) is 6.05. The lowest BCUT2D eigenvalue weighted by molar-refractivity contribution is -0.805. The summed E-state index contributed by atoms with van der Waals surface area (Å²) in [7, 11) is 0. The van der Waals surface area contributed by atoms with Gasteiger partial charge in [0.05, 0.1) is 6.20 Å². The molecule has 2 unspecified atom stereocenters. The summed E-state index contributed by atoms with van der Waals surface area (Å²) in [6.45, 7) is 4.06. The Balaban J connectivity index is 1.99. The van der Waals surface area contributed by atoms with Gasteiger partial charge in [0.2, 0.25) is 5.84 Å². The van der Waals surface area contributed by atoms with Crippen LogP contribution >= 0.6 is 0 Å². The summed E-state index contributed by atoms with van der Waals surface area (Å²) < 4.78 is 0.171. The fraction of sp³-hybridized carbons (Fsp3) is 0.760. The molecule has 1 rings (SSSR count). The predicted octanol–water partition coefficient (Wildman–Crippen LogP) is 6.50. The van der Waals surface area contributed by atoms with Crippen LogP contribution in [-0.2, 0) is 4.79 Å². The molecule has 0 amide bonds. The van der Waals surface area contributed by atoms with E-state index in [9.17, 15) is 9.90 Å². The third kappa shape index (κ3) is 10.5. The first kappa shape index (κ1) is 26.6. The lowest BCUT2D eigenvalue weighted by atomic mass is 10.0. The molecule has 0 radical (unpaired) electrons. The van der Waals surface area contributed by atoms with Gasteiger partial charge in [-0.3, -0.25) is 5.73 Å². The van der Waals surface area contributed by atoms with Crippen molar-refractivity contribution >= 4 is 11.8 Å². The van der Waals surface area contributed by atoms with Crippen LogP contribution in [0.4, 0.5) is 0 Å². The number of aliphatic carboxylic acids is 1. The van der Waals surface area contributed by atoms with Gasteiger partial charge in [0, 0.05) is 13.3 Å². The molecule has 0 aliphatic carbocycles. The summed E-state index contributed by atoms with van der Waals surface area (Å²) in [4.78, 5) is 15.7. The summed E-state index contributed by atoms with van der Waals surface area (Å²) >= 11 is 0. The Bertz CT molecular complexity index is 555. The molecule has 0 saturated carbocycles. The molecule has 172 valence electrons. The third-order valence-corrected chi connectivity index (χ3v) is 6.05. The maximum Gasteiger partial charge on any atom is 0.360 e. The van der Waals surface area contributed by atoms with Crippen LogP contribution in [0.3, 0.4) is 0 Å². The molecule has 0 bridgehead atoms. The highest BCUT2D eigenvalue weighted by Gasteiger charge is 2.40. The Labute approximate surface area is 184 Å². The van der Waals surface area contributed by atoms with E-state index in [4.69, 9.17) is 5.73 Å². The van der Waals surface area contributed by atoms with Crippen LogP contribution in [0.2, 0.25) is 0 Å². The number of nitrogens with zero attached hydrogens (tertiary/aromatic N) is 2. The van der Waals surface area contributed by atoms with Crippen LogP contribution < -0.4 is 5.73 Å². The van der Waals surface area contributed by atoms with Crippen LogP contribution in [0.15, 0.2) is 29.5 Å². The smallest absolute Gasteiger partial charge is 0.360 e. The van der Waals surface area contributed by atoms with Crippen molar-refractivity contribution in [2.45, 2.75) is 116 Å². The lowest BCUT2D eigenvalue weighted by Crippen LogP contribution is -2.59. The van der Waals surface area contributed by atoms with Gasteiger partial charge in [-0.05, 0) is 25.7 Å². The minimum absolute atomic E-state index is 0.0252. The van der Waals surface area contributed by atoms with E-state index >= 15 is 0 Å². The van der Waals surface area contributed by atoms with E-state index in [-0.39, 0.29) is 17.2 Å². The largest absolute Gasteiger partial charge is 0.477 e. The zero-order chi connectivity index (χ0) is 22.1. The number of quaternary nitrogens is 1. The number of hydrogen-bond acceptors (Lipinski definition) is 3. The van der Waals surface area contributed by atoms with Crippen molar-refractivity contribution in [1.29, 1.82) is 0 Å². The molecule has 0 aromatic carbocycles. The highest BCUT2D eigenvalue weighted by molar-refractivity contribution is 5.81. The van der Waals surface area contributed by atoms with E-state index in [1.54, 1.807) is 6.20 Å². The number of carbonyl (C=O) groups is 1. The Kier molecular flexibility index (Phi) is 14.4. The molecule has 5 heteroatoms. The zero-order valence-corrected chi connectivity index (χ0v) is 19.5. The Morgan fingerprint density at radius 1 is 1.00 bits per heavy atom. The van der Waals surface area contributed by atoms with Gasteiger partial charge in [-0.1, -0.05) is 83.3 Å². The Hall–Kier alpha value is -1.46. The van der Waals surface area contributed by atoms with E-state index in [1.807, 2.05) is 13.1 Å². The van der Waals surface area contributed by atoms with Gasteiger partial charge >= 0.3 is 5.97 Å². The Morgan fingerprint density at radius 2 is 1.53 bits per heavy atom. The minimum atomic E-state index is -0.838. The molecular formula is C25H46N3O2+. The molecule has 0 spiro atoms. The highest BCUT2D eigenvalue weighted by atomic mass is 16.4. The normalized spacial score (nSPS) is 19.5. The van der Waals surface area contributed by atoms with Crippen molar-refractivity contribution in [3.63, 3.8) is 0 Å². The van der Waals surface area contributed by atoms with Gasteiger partial charge in [0.15, 0.2) is 6.54 Å². The highest BCUT2D eigenvalue weighted by Crippen LogP contribution is 2.23. The van der Waals surface area contributed by atoms with E-state index in [1.165, 1.54) is 83.5 Å². The topological polar surface area (TPSA) is 75.7 Å². The van der Waals surface area contributed by atoms with Crippen LogP contribution in [0.25, 0.3) is 0 Å². The summed E-state index contributed by atoms with van der Waals surface area (Å²) in [5.41, 5.74) is 6.11. The fourth-order valence-corrected chi connectivity index (χ4v) is 4.13. The second-order valence-electron chi connectivity index (χ2n) is 8.75. The molecule has 0 fully saturated rings. The second-order valence-corrected chi connectivity index (χ2v) is 8.75. The molecule has 0 aromatic rings. The maximum absolute atomic E-state index is 11.3. The number of carboxylic acids is 1. The van der Waals surface area contributed by atoms with E-state index in [0.29, 0.717) is 0 Å². The summed E-state index contributed by atoms with van der Waals surface area (Å²) in [6, 6.07) is 0. The van der Waals surface area contributed by atoms with Crippen LogP contribution in [-0.4, -0.2) is 34.1 Å². The summed E-state index contributed by atoms with van der Waals surface area (Å²) in [5.74, 6) is 0.0589. The molecule has 3 N–H and O–H groups in total. The van der Waals surface area contributed by atoms with Crippen molar-refractivity contribution in [3.05, 3.63) is 24.6 Å². The summed E-state index contributed by atoms with van der Waals surface area (Å²) in [5, 5.41) is 9.26. The monoisotopic (exact) mass is 420 g/mol. The number of nitrogens with two attached hydrogens (primary N) is 1. The molecule has 30 heavy (non-hydrogen) atoms. The molecule has 5 nitrogen and oxygen atoms in total. The first-order chi connectivity index (χ1) is 14.5. The van der Waals surface area contributed by atoms with Gasteiger partial charge < -0.3 is 5.11 Å². The first-order valence-corrected chi connectivity index (χ1v) is 12.3. The van der Waals surface area contributed by atoms with Crippen molar-refractivity contribution in [2.75, 3.05) is 6.54 Å². The second kappa shape index (κ2) is 16.3. The van der Waals surface area contributed by atoms with Crippen LogP contribution in [0.5, 0.6) is 0 Å². The quantitative estimate of drug-likeness (QED) is 0.142. The molecular weight excluding hydrogens is 374 g/mol. The van der Waals surface area contributed by atoms with E-state index in [2.05, 4.69) is 24.1 Å². The number of hydrogen-bond donors (Lipinski definition) is 2. The minimum Gasteiger partial charge on any atom is -0.477 e. The SMILES string of the molecule is CCC/C=C/CCCCCCCCCCCCCC1=NC=C[N+]1(CC(=O)O)C(C)N. The molecule has 1 heterocycles.